The van der Waals surface area contributed by atoms with Gasteiger partial charge in [0.05, 0.1) is 64.6 Å². The molecule has 2 atom stereocenters. The third-order valence-corrected chi connectivity index (χ3v) is 14.5. The zero-order chi connectivity index (χ0) is 56.1. The number of aliphatic hydroxyl groups excluding tert-OH is 1. The van der Waals surface area contributed by atoms with Gasteiger partial charge in [-0.15, -0.1) is 0 Å². The molecule has 17 heteroatoms. The van der Waals surface area contributed by atoms with Crippen molar-refractivity contribution in [1.82, 2.24) is 9.80 Å². The van der Waals surface area contributed by atoms with Crippen LogP contribution in [0.2, 0.25) is 0 Å². The summed E-state index contributed by atoms with van der Waals surface area (Å²) in [6, 6.07) is -0.724. The zero-order valence-corrected chi connectivity index (χ0v) is 48.6. The minimum absolute atomic E-state index is 0.0340. The molecular formula is C60H106N2O15. The van der Waals surface area contributed by atoms with E-state index in [0.717, 1.165) is 142 Å². The van der Waals surface area contributed by atoms with E-state index in [9.17, 15) is 38.7 Å². The van der Waals surface area contributed by atoms with Crippen LogP contribution in [0.25, 0.3) is 0 Å². The molecular weight excluding hydrogens is 989 g/mol. The molecule has 1 amide bonds. The zero-order valence-electron chi connectivity index (χ0n) is 48.6. The average Bonchev–Trinajstić information content (AvgIpc) is 3.82. The molecule has 446 valence electrons. The standard InChI is InChI=1S/C60H106N2O15/c1-5-9-13-17-21-25-30-54(64)72-44-49(45-73-55(65)31-26-22-18-14-10-6-2)40-58(68)76-48-51-42-53(43-62(51)60(70)71-39-29-36-61-37-34-52(63)35-38-61)77-59(69)41-50(46-74-56(66)32-27-23-19-15-11-7-3)47-75-57(67)33-28-24-20-16-12-8-4/h49-53,63H,5-48H2,1-4H3/t51-,53+/m1/s1. The number of esters is 6. The van der Waals surface area contributed by atoms with Gasteiger partial charge in [0.25, 0.3) is 0 Å². The molecule has 2 heterocycles. The number of rotatable bonds is 47. The number of hydrogen-bond acceptors (Lipinski definition) is 16. The maximum Gasteiger partial charge on any atom is 0.410 e. The van der Waals surface area contributed by atoms with Crippen LogP contribution in [-0.4, -0.2) is 141 Å². The van der Waals surface area contributed by atoms with Gasteiger partial charge in [-0.05, 0) is 44.9 Å². The van der Waals surface area contributed by atoms with Crippen LogP contribution in [-0.2, 0) is 61.9 Å². The van der Waals surface area contributed by atoms with E-state index in [0.29, 0.717) is 51.5 Å². The fraction of sp³-hybridized carbons (Fsp3) is 0.883. The molecule has 2 fully saturated rings. The van der Waals surface area contributed by atoms with Gasteiger partial charge in [0.2, 0.25) is 0 Å². The highest BCUT2D eigenvalue weighted by atomic mass is 16.6. The Morgan fingerprint density at radius 1 is 0.455 bits per heavy atom. The predicted octanol–water partition coefficient (Wildman–Crippen LogP) is 11.7. The van der Waals surface area contributed by atoms with Gasteiger partial charge in [-0.25, -0.2) is 4.79 Å². The molecule has 2 rings (SSSR count). The smallest absolute Gasteiger partial charge is 0.410 e. The van der Waals surface area contributed by atoms with Gasteiger partial charge < -0.3 is 43.2 Å². The Morgan fingerprint density at radius 3 is 1.23 bits per heavy atom. The van der Waals surface area contributed by atoms with E-state index in [4.69, 9.17) is 33.2 Å². The molecule has 2 saturated heterocycles. The molecule has 2 aliphatic heterocycles. The third-order valence-electron chi connectivity index (χ3n) is 14.5. The van der Waals surface area contributed by atoms with Gasteiger partial charge in [0.15, 0.2) is 0 Å². The maximum absolute atomic E-state index is 13.7. The van der Waals surface area contributed by atoms with Crippen molar-refractivity contribution >= 4 is 41.9 Å². The van der Waals surface area contributed by atoms with E-state index in [2.05, 4.69) is 32.6 Å². The fourth-order valence-electron chi connectivity index (χ4n) is 9.63. The molecule has 17 nitrogen and oxygen atoms in total. The first-order chi connectivity index (χ1) is 37.4. The minimum Gasteiger partial charge on any atom is -0.465 e. The Kier molecular flexibility index (Phi) is 41.1. The number of carbonyl (C=O) groups is 7. The number of unbranched alkanes of at least 4 members (excludes halogenated alkanes) is 20. The van der Waals surface area contributed by atoms with Crippen molar-refractivity contribution < 1.29 is 71.8 Å². The monoisotopic (exact) mass is 1090 g/mol. The van der Waals surface area contributed by atoms with E-state index < -0.39 is 42.0 Å². The molecule has 0 aromatic carbocycles. The average molecular weight is 1100 g/mol. The van der Waals surface area contributed by atoms with Crippen molar-refractivity contribution in [1.29, 1.82) is 0 Å². The van der Waals surface area contributed by atoms with Crippen LogP contribution in [0.4, 0.5) is 4.79 Å². The van der Waals surface area contributed by atoms with Crippen LogP contribution in [0.5, 0.6) is 0 Å². The summed E-state index contributed by atoms with van der Waals surface area (Å²) in [4.78, 5) is 95.6. The lowest BCUT2D eigenvalue weighted by Crippen LogP contribution is -2.40. The second kappa shape index (κ2) is 45.8. The number of carbonyl (C=O) groups excluding carboxylic acids is 7. The lowest BCUT2D eigenvalue weighted by Gasteiger charge is -2.29. The van der Waals surface area contributed by atoms with E-state index in [-0.39, 0.29) is 121 Å². The first-order valence-electron chi connectivity index (χ1n) is 30.7. The van der Waals surface area contributed by atoms with Crippen LogP contribution in [0, 0.1) is 11.8 Å². The number of hydrogen-bond donors (Lipinski definition) is 1. The molecule has 0 radical (unpaired) electrons. The van der Waals surface area contributed by atoms with Crippen molar-refractivity contribution in [2.75, 3.05) is 65.8 Å². The van der Waals surface area contributed by atoms with E-state index in [1.807, 2.05) is 0 Å². The van der Waals surface area contributed by atoms with Crippen molar-refractivity contribution in [2.45, 2.75) is 264 Å². The summed E-state index contributed by atoms with van der Waals surface area (Å²) in [7, 11) is 0. The summed E-state index contributed by atoms with van der Waals surface area (Å²) in [5.41, 5.74) is 0. The van der Waals surface area contributed by atoms with Gasteiger partial charge >= 0.3 is 41.9 Å². The Balaban J connectivity index is 2.13. The molecule has 2 aliphatic rings. The number of aliphatic hydroxyl groups is 1. The van der Waals surface area contributed by atoms with Crippen LogP contribution >= 0.6 is 0 Å². The highest BCUT2D eigenvalue weighted by molar-refractivity contribution is 5.73. The number of ether oxygens (including phenoxy) is 7. The topological polar surface area (TPSA) is 211 Å². The number of nitrogens with zero attached hydrogens (tertiary/aromatic N) is 2. The van der Waals surface area contributed by atoms with Gasteiger partial charge in [-0.3, -0.25) is 33.7 Å². The van der Waals surface area contributed by atoms with Gasteiger partial charge in [-0.1, -0.05) is 156 Å². The number of amides is 1. The highest BCUT2D eigenvalue weighted by Crippen LogP contribution is 2.25. The minimum atomic E-state index is -0.797. The largest absolute Gasteiger partial charge is 0.465 e. The normalized spacial score (nSPS) is 15.9. The first-order valence-corrected chi connectivity index (χ1v) is 30.7. The van der Waals surface area contributed by atoms with E-state index >= 15 is 0 Å². The summed E-state index contributed by atoms with van der Waals surface area (Å²) in [5.74, 6) is -4.12. The molecule has 0 unspecified atom stereocenters. The molecule has 0 aromatic rings. The molecule has 77 heavy (non-hydrogen) atoms. The van der Waals surface area contributed by atoms with Crippen molar-refractivity contribution in [3.63, 3.8) is 0 Å². The van der Waals surface area contributed by atoms with Crippen LogP contribution in [0.15, 0.2) is 0 Å². The van der Waals surface area contributed by atoms with Crippen LogP contribution in [0.1, 0.15) is 246 Å². The SMILES string of the molecule is CCCCCCCCC(=O)OCC(COC(=O)CCCCCCCC)CC(=O)OC[C@H]1C[C@H](OC(=O)CC(COC(=O)CCCCCCCC)COC(=O)CCCCCCCC)CN1C(=O)OCCCN1CCC(O)CC1. The molecule has 0 spiro atoms. The summed E-state index contributed by atoms with van der Waals surface area (Å²) in [5, 5.41) is 9.90. The fourth-order valence-corrected chi connectivity index (χ4v) is 9.63. The Morgan fingerprint density at radius 2 is 0.831 bits per heavy atom. The van der Waals surface area contributed by atoms with Crippen LogP contribution < -0.4 is 0 Å². The van der Waals surface area contributed by atoms with E-state index in [1.54, 1.807) is 0 Å². The molecule has 1 N–H and O–H groups in total. The van der Waals surface area contributed by atoms with Gasteiger partial charge in [0.1, 0.15) is 12.7 Å². The lowest BCUT2D eigenvalue weighted by molar-refractivity contribution is -0.157. The predicted molar refractivity (Wildman–Crippen MR) is 296 cm³/mol. The van der Waals surface area contributed by atoms with Gasteiger partial charge in [-0.2, -0.15) is 0 Å². The summed E-state index contributed by atoms with van der Waals surface area (Å²) in [6.07, 6.45) is 25.2. The summed E-state index contributed by atoms with van der Waals surface area (Å²) >= 11 is 0. The van der Waals surface area contributed by atoms with Crippen LogP contribution in [0.3, 0.4) is 0 Å². The molecule has 0 aliphatic carbocycles. The Bertz CT molecular complexity index is 1530. The Hall–Kier alpha value is -3.99. The first kappa shape index (κ1) is 69.1. The number of likely N-dealkylation sites (tertiary alicyclic amines) is 2. The maximum atomic E-state index is 13.7. The Labute approximate surface area is 463 Å². The second-order valence-corrected chi connectivity index (χ2v) is 21.8. The molecule has 0 aromatic heterocycles. The molecule has 0 bridgehead atoms. The van der Waals surface area contributed by atoms with Gasteiger partial charge in [0, 0.05) is 63.6 Å². The van der Waals surface area contributed by atoms with E-state index in [1.165, 1.54) is 4.90 Å². The summed E-state index contributed by atoms with van der Waals surface area (Å²) < 4.78 is 39.8. The summed E-state index contributed by atoms with van der Waals surface area (Å²) in [6.45, 7) is 10.1. The molecule has 0 saturated carbocycles. The van der Waals surface area contributed by atoms with Crippen molar-refractivity contribution in [3.8, 4) is 0 Å². The van der Waals surface area contributed by atoms with Crippen molar-refractivity contribution in [2.24, 2.45) is 11.8 Å². The lowest BCUT2D eigenvalue weighted by atomic mass is 10.1. The second-order valence-electron chi connectivity index (χ2n) is 21.8. The highest BCUT2D eigenvalue weighted by Gasteiger charge is 2.39. The quantitative estimate of drug-likeness (QED) is 0.0341. The van der Waals surface area contributed by atoms with Crippen molar-refractivity contribution in [3.05, 3.63) is 0 Å². The number of piperidine rings is 1. The third kappa shape index (κ3) is 36.7.